The van der Waals surface area contributed by atoms with Crippen molar-refractivity contribution in [3.8, 4) is 0 Å². The number of carbonyl (C=O) groups is 1. The predicted octanol–water partition coefficient (Wildman–Crippen LogP) is 4.42. The van der Waals surface area contributed by atoms with Gasteiger partial charge in [0, 0.05) is 18.0 Å². The van der Waals surface area contributed by atoms with Gasteiger partial charge in [-0.05, 0) is 49.0 Å². The van der Waals surface area contributed by atoms with Crippen LogP contribution in [0.25, 0.3) is 0 Å². The number of nitrogens with one attached hydrogen (secondary N) is 1. The molecule has 1 aliphatic carbocycles. The molecule has 2 fully saturated rings. The van der Waals surface area contributed by atoms with Crippen molar-refractivity contribution in [2.24, 2.45) is 11.8 Å². The van der Waals surface area contributed by atoms with E-state index in [1.54, 1.807) is 11.3 Å². The van der Waals surface area contributed by atoms with E-state index in [1.807, 2.05) is 4.90 Å². The van der Waals surface area contributed by atoms with Crippen molar-refractivity contribution in [3.63, 3.8) is 0 Å². The topological polar surface area (TPSA) is 32.3 Å². The van der Waals surface area contributed by atoms with Gasteiger partial charge < -0.3 is 10.2 Å². The SMILES string of the molecule is CC1CCN(C(=O)NC(c2cccs2)C2CCCC2)CC1. The molecule has 1 unspecified atom stereocenters. The van der Waals surface area contributed by atoms with Gasteiger partial charge in [-0.1, -0.05) is 25.8 Å². The molecule has 2 heterocycles. The van der Waals surface area contributed by atoms with E-state index in [0.29, 0.717) is 5.92 Å². The summed E-state index contributed by atoms with van der Waals surface area (Å²) in [5.74, 6) is 1.38. The average Bonchev–Trinajstić information content (AvgIpc) is 3.19. The number of hydrogen-bond donors (Lipinski definition) is 1. The first-order valence-corrected chi connectivity index (χ1v) is 9.21. The second kappa shape index (κ2) is 6.82. The summed E-state index contributed by atoms with van der Waals surface area (Å²) < 4.78 is 0. The van der Waals surface area contributed by atoms with E-state index >= 15 is 0 Å². The Bertz CT molecular complexity index is 445. The lowest BCUT2D eigenvalue weighted by atomic mass is 9.96. The van der Waals surface area contributed by atoms with Gasteiger partial charge >= 0.3 is 6.03 Å². The molecular weight excluding hydrogens is 280 g/mol. The first-order chi connectivity index (χ1) is 10.2. The van der Waals surface area contributed by atoms with Crippen molar-refractivity contribution in [2.45, 2.75) is 51.5 Å². The van der Waals surface area contributed by atoms with Crippen LogP contribution < -0.4 is 5.32 Å². The van der Waals surface area contributed by atoms with Crippen molar-refractivity contribution < 1.29 is 4.79 Å². The Morgan fingerprint density at radius 3 is 2.62 bits per heavy atom. The molecule has 2 amide bonds. The van der Waals surface area contributed by atoms with Gasteiger partial charge in [0.15, 0.2) is 0 Å². The Morgan fingerprint density at radius 2 is 2.00 bits per heavy atom. The zero-order valence-corrected chi connectivity index (χ0v) is 13.7. The van der Waals surface area contributed by atoms with Gasteiger partial charge in [0.25, 0.3) is 0 Å². The molecule has 116 valence electrons. The van der Waals surface area contributed by atoms with Crippen molar-refractivity contribution in [1.82, 2.24) is 10.2 Å². The largest absolute Gasteiger partial charge is 0.330 e. The molecule has 21 heavy (non-hydrogen) atoms. The number of carbonyl (C=O) groups excluding carboxylic acids is 1. The second-order valence-electron chi connectivity index (χ2n) is 6.66. The summed E-state index contributed by atoms with van der Waals surface area (Å²) in [7, 11) is 0. The van der Waals surface area contributed by atoms with E-state index in [1.165, 1.54) is 30.6 Å². The predicted molar refractivity (Wildman–Crippen MR) is 87.5 cm³/mol. The number of piperidine rings is 1. The van der Waals surface area contributed by atoms with Gasteiger partial charge in [0.2, 0.25) is 0 Å². The summed E-state index contributed by atoms with van der Waals surface area (Å²) in [5.41, 5.74) is 0. The molecule has 3 nitrogen and oxygen atoms in total. The average molecular weight is 306 g/mol. The summed E-state index contributed by atoms with van der Waals surface area (Å²) in [6, 6.07) is 4.63. The van der Waals surface area contributed by atoms with Crippen molar-refractivity contribution in [1.29, 1.82) is 0 Å². The monoisotopic (exact) mass is 306 g/mol. The number of urea groups is 1. The van der Waals surface area contributed by atoms with Gasteiger partial charge in [-0.3, -0.25) is 0 Å². The first kappa shape index (κ1) is 14.9. The lowest BCUT2D eigenvalue weighted by Crippen LogP contribution is -2.46. The third-order valence-corrected chi connectivity index (χ3v) is 6.03. The Balaban J connectivity index is 1.65. The smallest absolute Gasteiger partial charge is 0.317 e. The Kier molecular flexibility index (Phi) is 4.84. The molecule has 3 rings (SSSR count). The normalized spacial score (nSPS) is 22.4. The number of thiophene rings is 1. The number of likely N-dealkylation sites (tertiary alicyclic amines) is 1. The molecule has 1 saturated heterocycles. The number of rotatable bonds is 3. The van der Waals surface area contributed by atoms with E-state index in [-0.39, 0.29) is 12.1 Å². The maximum absolute atomic E-state index is 12.6. The highest BCUT2D eigenvalue weighted by atomic mass is 32.1. The van der Waals surface area contributed by atoms with E-state index in [2.05, 4.69) is 29.8 Å². The van der Waals surface area contributed by atoms with E-state index in [9.17, 15) is 4.79 Å². The van der Waals surface area contributed by atoms with Gasteiger partial charge in [-0.2, -0.15) is 0 Å². The van der Waals surface area contributed by atoms with Crippen LogP contribution in [0.15, 0.2) is 17.5 Å². The summed E-state index contributed by atoms with van der Waals surface area (Å²) in [6.45, 7) is 4.10. The second-order valence-corrected chi connectivity index (χ2v) is 7.64. The molecule has 0 spiro atoms. The van der Waals surface area contributed by atoms with Crippen LogP contribution in [0, 0.1) is 11.8 Å². The fourth-order valence-corrected chi connectivity index (χ4v) is 4.49. The number of hydrogen-bond acceptors (Lipinski definition) is 2. The molecule has 4 heteroatoms. The maximum Gasteiger partial charge on any atom is 0.317 e. The van der Waals surface area contributed by atoms with E-state index in [4.69, 9.17) is 0 Å². The summed E-state index contributed by atoms with van der Waals surface area (Å²) in [6.07, 6.45) is 7.40. The van der Waals surface area contributed by atoms with Crippen LogP contribution in [0.1, 0.15) is 56.4 Å². The molecule has 0 aromatic carbocycles. The molecule has 1 atom stereocenters. The van der Waals surface area contributed by atoms with Gasteiger partial charge in [-0.25, -0.2) is 4.79 Å². The van der Waals surface area contributed by atoms with Crippen LogP contribution in [0.3, 0.4) is 0 Å². The third kappa shape index (κ3) is 3.60. The third-order valence-electron chi connectivity index (χ3n) is 5.07. The fraction of sp³-hybridized carbons (Fsp3) is 0.706. The highest BCUT2D eigenvalue weighted by Gasteiger charge is 2.30. The van der Waals surface area contributed by atoms with Crippen LogP contribution in [0.5, 0.6) is 0 Å². The minimum absolute atomic E-state index is 0.146. The zero-order chi connectivity index (χ0) is 14.7. The Labute approximate surface area is 131 Å². The van der Waals surface area contributed by atoms with Gasteiger partial charge in [0.1, 0.15) is 0 Å². The van der Waals surface area contributed by atoms with Crippen molar-refractivity contribution >= 4 is 17.4 Å². The minimum Gasteiger partial charge on any atom is -0.330 e. The summed E-state index contributed by atoms with van der Waals surface area (Å²) >= 11 is 1.77. The molecule has 1 saturated carbocycles. The molecule has 1 aromatic heterocycles. The molecule has 1 aliphatic heterocycles. The highest BCUT2D eigenvalue weighted by molar-refractivity contribution is 7.10. The Hall–Kier alpha value is -1.03. The molecule has 1 N–H and O–H groups in total. The maximum atomic E-state index is 12.6. The number of nitrogens with zero attached hydrogens (tertiary/aromatic N) is 1. The van der Waals surface area contributed by atoms with Crippen LogP contribution in [0.2, 0.25) is 0 Å². The highest BCUT2D eigenvalue weighted by Crippen LogP contribution is 2.37. The van der Waals surface area contributed by atoms with Crippen LogP contribution in [-0.2, 0) is 0 Å². The van der Waals surface area contributed by atoms with Crippen LogP contribution >= 0.6 is 11.3 Å². The Morgan fingerprint density at radius 1 is 1.29 bits per heavy atom. The fourth-order valence-electron chi connectivity index (χ4n) is 3.62. The minimum atomic E-state index is 0.146. The van der Waals surface area contributed by atoms with Crippen molar-refractivity contribution in [3.05, 3.63) is 22.4 Å². The van der Waals surface area contributed by atoms with Crippen LogP contribution in [-0.4, -0.2) is 24.0 Å². The molecule has 2 aliphatic rings. The molecular formula is C17H26N2OS. The lowest BCUT2D eigenvalue weighted by molar-refractivity contribution is 0.166. The van der Waals surface area contributed by atoms with Gasteiger partial charge in [0.05, 0.1) is 6.04 Å². The zero-order valence-electron chi connectivity index (χ0n) is 12.9. The van der Waals surface area contributed by atoms with E-state index in [0.717, 1.165) is 31.8 Å². The number of amides is 2. The lowest BCUT2D eigenvalue weighted by Gasteiger charge is -2.33. The summed E-state index contributed by atoms with van der Waals surface area (Å²) in [5, 5.41) is 5.46. The summed E-state index contributed by atoms with van der Waals surface area (Å²) in [4.78, 5) is 15.9. The van der Waals surface area contributed by atoms with Crippen molar-refractivity contribution in [2.75, 3.05) is 13.1 Å². The van der Waals surface area contributed by atoms with Crippen LogP contribution in [0.4, 0.5) is 4.79 Å². The van der Waals surface area contributed by atoms with E-state index < -0.39 is 0 Å². The quantitative estimate of drug-likeness (QED) is 0.881. The van der Waals surface area contributed by atoms with Gasteiger partial charge in [-0.15, -0.1) is 11.3 Å². The molecule has 0 radical (unpaired) electrons. The molecule has 0 bridgehead atoms. The standard InChI is InChI=1S/C17H26N2OS/c1-13-8-10-19(11-9-13)17(20)18-16(14-5-2-3-6-14)15-7-4-12-21-15/h4,7,12-14,16H,2-3,5-6,8-11H2,1H3,(H,18,20). The first-order valence-electron chi connectivity index (χ1n) is 8.33. The molecule has 1 aromatic rings.